The third-order valence-electron chi connectivity index (χ3n) is 5.75. The van der Waals surface area contributed by atoms with Crippen LogP contribution in [0.15, 0.2) is 60.2 Å². The number of hydrogen-bond donors (Lipinski definition) is 2. The van der Waals surface area contributed by atoms with Crippen molar-refractivity contribution < 1.29 is 28.7 Å². The lowest BCUT2D eigenvalue weighted by atomic mass is 10.1. The molecule has 1 saturated heterocycles. The standard InChI is InChI=1S/C28H23Cl2N3O6/c1-15-7-8-16(2)22(9-15)31-24(34)14-39-25-21(30)11-17(12-23(25)38-3)10-20-26(35)32-28(37)33(27(20)36)19-6-4-5-18(29)13-19/h4-13H,14H2,1-3H3,(H,31,34)(H,32,35,37)/b20-10+. The Morgan fingerprint density at radius 1 is 1.05 bits per heavy atom. The van der Waals surface area contributed by atoms with Gasteiger partial charge in [0, 0.05) is 10.7 Å². The summed E-state index contributed by atoms with van der Waals surface area (Å²) in [5, 5.41) is 5.33. The number of nitrogens with one attached hydrogen (secondary N) is 2. The maximum absolute atomic E-state index is 13.1. The molecular formula is C28H23Cl2N3O6. The van der Waals surface area contributed by atoms with Crippen LogP contribution in [0.3, 0.4) is 0 Å². The number of rotatable bonds is 7. The fourth-order valence-corrected chi connectivity index (χ4v) is 4.29. The zero-order valence-electron chi connectivity index (χ0n) is 21.1. The van der Waals surface area contributed by atoms with Crippen molar-refractivity contribution in [2.45, 2.75) is 13.8 Å². The van der Waals surface area contributed by atoms with Gasteiger partial charge in [-0.1, -0.05) is 41.4 Å². The molecule has 1 heterocycles. The molecule has 1 fully saturated rings. The maximum Gasteiger partial charge on any atom is 0.335 e. The van der Waals surface area contributed by atoms with Crippen LogP contribution in [0.2, 0.25) is 10.0 Å². The summed E-state index contributed by atoms with van der Waals surface area (Å²) in [5.41, 5.74) is 2.78. The average molecular weight is 568 g/mol. The van der Waals surface area contributed by atoms with Crippen molar-refractivity contribution in [3.63, 3.8) is 0 Å². The van der Waals surface area contributed by atoms with Crippen molar-refractivity contribution in [2.24, 2.45) is 0 Å². The summed E-state index contributed by atoms with van der Waals surface area (Å²) in [6.07, 6.45) is 1.27. The number of halogens is 2. The molecule has 0 bridgehead atoms. The molecule has 200 valence electrons. The SMILES string of the molecule is COc1cc(/C=C2\C(=O)NC(=O)N(c3cccc(Cl)c3)C2=O)cc(Cl)c1OCC(=O)Nc1cc(C)ccc1C. The van der Waals surface area contributed by atoms with Gasteiger partial charge in [0.2, 0.25) is 0 Å². The summed E-state index contributed by atoms with van der Waals surface area (Å²) in [6.45, 7) is 3.45. The van der Waals surface area contributed by atoms with E-state index >= 15 is 0 Å². The zero-order valence-corrected chi connectivity index (χ0v) is 22.6. The highest BCUT2D eigenvalue weighted by molar-refractivity contribution is 6.39. The van der Waals surface area contributed by atoms with E-state index in [4.69, 9.17) is 32.7 Å². The number of nitrogens with zero attached hydrogens (tertiary/aromatic N) is 1. The Morgan fingerprint density at radius 2 is 1.82 bits per heavy atom. The van der Waals surface area contributed by atoms with Gasteiger partial charge in [-0.3, -0.25) is 19.7 Å². The van der Waals surface area contributed by atoms with Gasteiger partial charge in [0.25, 0.3) is 17.7 Å². The first-order valence-corrected chi connectivity index (χ1v) is 12.4. The number of aryl methyl sites for hydroxylation is 2. The lowest BCUT2D eigenvalue weighted by Crippen LogP contribution is -2.54. The third kappa shape index (κ3) is 6.22. The van der Waals surface area contributed by atoms with Gasteiger partial charge in [-0.2, -0.15) is 0 Å². The van der Waals surface area contributed by atoms with E-state index in [9.17, 15) is 19.2 Å². The number of urea groups is 1. The Morgan fingerprint density at radius 3 is 2.54 bits per heavy atom. The Kier molecular flexibility index (Phi) is 8.23. The molecule has 9 nitrogen and oxygen atoms in total. The second-order valence-electron chi connectivity index (χ2n) is 8.63. The van der Waals surface area contributed by atoms with Crippen LogP contribution in [0, 0.1) is 13.8 Å². The summed E-state index contributed by atoms with van der Waals surface area (Å²) in [6, 6.07) is 13.8. The molecule has 0 saturated carbocycles. The van der Waals surface area contributed by atoms with E-state index in [1.54, 1.807) is 12.1 Å². The zero-order chi connectivity index (χ0) is 28.3. The van der Waals surface area contributed by atoms with Crippen molar-refractivity contribution in [3.05, 3.63) is 86.9 Å². The second-order valence-corrected chi connectivity index (χ2v) is 9.47. The van der Waals surface area contributed by atoms with E-state index in [0.717, 1.165) is 16.0 Å². The second kappa shape index (κ2) is 11.6. The number of carbonyl (C=O) groups is 4. The number of methoxy groups -OCH3 is 1. The minimum atomic E-state index is -0.900. The molecule has 1 aliphatic heterocycles. The van der Waals surface area contributed by atoms with Crippen molar-refractivity contribution in [3.8, 4) is 11.5 Å². The number of barbiturate groups is 1. The highest BCUT2D eigenvalue weighted by Gasteiger charge is 2.37. The molecule has 11 heteroatoms. The van der Waals surface area contributed by atoms with Crippen LogP contribution >= 0.6 is 23.2 Å². The van der Waals surface area contributed by atoms with Gasteiger partial charge in [0.15, 0.2) is 18.1 Å². The van der Waals surface area contributed by atoms with Crippen molar-refractivity contribution in [1.29, 1.82) is 0 Å². The van der Waals surface area contributed by atoms with Gasteiger partial charge >= 0.3 is 6.03 Å². The first-order valence-electron chi connectivity index (χ1n) is 11.6. The Balaban J connectivity index is 1.56. The van der Waals surface area contributed by atoms with Crippen molar-refractivity contribution in [1.82, 2.24) is 5.32 Å². The van der Waals surface area contributed by atoms with Gasteiger partial charge in [-0.15, -0.1) is 0 Å². The lowest BCUT2D eigenvalue weighted by Gasteiger charge is -2.26. The van der Waals surface area contributed by atoms with Crippen LogP contribution in [0.5, 0.6) is 11.5 Å². The molecule has 3 aromatic carbocycles. The summed E-state index contributed by atoms with van der Waals surface area (Å²) < 4.78 is 11.0. The lowest BCUT2D eigenvalue weighted by molar-refractivity contribution is -0.122. The van der Waals surface area contributed by atoms with Gasteiger partial charge < -0.3 is 14.8 Å². The fourth-order valence-electron chi connectivity index (χ4n) is 3.83. The summed E-state index contributed by atoms with van der Waals surface area (Å²) in [7, 11) is 1.38. The Hall–Kier alpha value is -4.34. The molecule has 5 amide bonds. The summed E-state index contributed by atoms with van der Waals surface area (Å²) >= 11 is 12.4. The van der Waals surface area contributed by atoms with Crippen LogP contribution < -0.4 is 25.0 Å². The smallest absolute Gasteiger partial charge is 0.335 e. The highest BCUT2D eigenvalue weighted by atomic mass is 35.5. The average Bonchev–Trinajstić information content (AvgIpc) is 2.87. The van der Waals surface area contributed by atoms with E-state index < -0.39 is 23.8 Å². The monoisotopic (exact) mass is 567 g/mol. The largest absolute Gasteiger partial charge is 0.493 e. The van der Waals surface area contributed by atoms with Gasteiger partial charge in [0.05, 0.1) is 17.8 Å². The van der Waals surface area contributed by atoms with E-state index in [1.807, 2.05) is 32.0 Å². The number of anilines is 2. The van der Waals surface area contributed by atoms with E-state index in [-0.39, 0.29) is 34.4 Å². The minimum Gasteiger partial charge on any atom is -0.493 e. The van der Waals surface area contributed by atoms with Crippen LogP contribution in [0.4, 0.5) is 16.2 Å². The molecule has 3 aromatic rings. The molecule has 0 aliphatic carbocycles. The summed E-state index contributed by atoms with van der Waals surface area (Å²) in [4.78, 5) is 51.4. The molecule has 4 rings (SSSR count). The van der Waals surface area contributed by atoms with Crippen LogP contribution in [-0.4, -0.2) is 37.5 Å². The summed E-state index contributed by atoms with van der Waals surface area (Å²) in [5.74, 6) is -1.84. The van der Waals surface area contributed by atoms with Crippen LogP contribution in [0.1, 0.15) is 16.7 Å². The first-order chi connectivity index (χ1) is 18.6. The molecule has 0 aromatic heterocycles. The van der Waals surface area contributed by atoms with Gasteiger partial charge in [0.1, 0.15) is 5.57 Å². The molecule has 0 radical (unpaired) electrons. The van der Waals surface area contributed by atoms with E-state index in [0.29, 0.717) is 16.3 Å². The number of carbonyl (C=O) groups excluding carboxylic acids is 4. The van der Waals surface area contributed by atoms with Crippen LogP contribution in [0.25, 0.3) is 6.08 Å². The predicted octanol–water partition coefficient (Wildman–Crippen LogP) is 5.30. The predicted molar refractivity (Wildman–Crippen MR) is 148 cm³/mol. The van der Waals surface area contributed by atoms with Crippen molar-refractivity contribution >= 4 is 64.4 Å². The van der Waals surface area contributed by atoms with E-state index in [2.05, 4.69) is 10.6 Å². The van der Waals surface area contributed by atoms with Gasteiger partial charge in [-0.05, 0) is 73.0 Å². The maximum atomic E-state index is 13.1. The Labute approximate surface area is 234 Å². The number of ether oxygens (including phenoxy) is 2. The topological polar surface area (TPSA) is 114 Å². The third-order valence-corrected chi connectivity index (χ3v) is 6.26. The number of amides is 5. The highest BCUT2D eigenvalue weighted by Crippen LogP contribution is 2.37. The first kappa shape index (κ1) is 27.7. The molecule has 1 aliphatic rings. The fraction of sp³-hybridized carbons (Fsp3) is 0.143. The molecule has 39 heavy (non-hydrogen) atoms. The molecular weight excluding hydrogens is 545 g/mol. The molecule has 0 spiro atoms. The molecule has 0 unspecified atom stereocenters. The molecule has 0 atom stereocenters. The Bertz CT molecular complexity index is 1540. The number of benzene rings is 3. The van der Waals surface area contributed by atoms with Crippen molar-refractivity contribution in [2.75, 3.05) is 23.9 Å². The number of hydrogen-bond acceptors (Lipinski definition) is 6. The molecule has 2 N–H and O–H groups in total. The quantitative estimate of drug-likeness (QED) is 0.295. The minimum absolute atomic E-state index is 0.0761. The van der Waals surface area contributed by atoms with Crippen LogP contribution in [-0.2, 0) is 14.4 Å². The van der Waals surface area contributed by atoms with Gasteiger partial charge in [-0.25, -0.2) is 9.69 Å². The number of imide groups is 2. The van der Waals surface area contributed by atoms with E-state index in [1.165, 1.54) is 37.5 Å². The normalized spacial score (nSPS) is 14.3.